The Morgan fingerprint density at radius 2 is 1.46 bits per heavy atom. The molecule has 3 heterocycles. The maximum atomic E-state index is 12.9. The summed E-state index contributed by atoms with van der Waals surface area (Å²) in [7, 11) is 3.26. The number of aliphatic hydroxyl groups excluding tert-OH is 1. The average molecular weight is 730 g/mol. The van der Waals surface area contributed by atoms with Crippen molar-refractivity contribution in [2.24, 2.45) is 0 Å². The van der Waals surface area contributed by atoms with E-state index in [1.807, 2.05) is 103 Å². The number of rotatable bonds is 14. The van der Waals surface area contributed by atoms with Crippen LogP contribution in [0, 0.1) is 0 Å². The number of amides is 1. The molecule has 0 unspecified atom stereocenters. The predicted octanol–water partition coefficient (Wildman–Crippen LogP) is 6.64. The summed E-state index contributed by atoms with van der Waals surface area (Å²) in [5.41, 5.74) is 3.56. The van der Waals surface area contributed by atoms with Crippen LogP contribution in [0.1, 0.15) is 54.7 Å². The fourth-order valence-electron chi connectivity index (χ4n) is 6.74. The van der Waals surface area contributed by atoms with Gasteiger partial charge in [-0.1, -0.05) is 80.6 Å². The van der Waals surface area contributed by atoms with E-state index in [1.165, 1.54) is 11.9 Å². The van der Waals surface area contributed by atoms with Crippen molar-refractivity contribution < 1.29 is 33.6 Å². The minimum absolute atomic E-state index is 0.0493. The van der Waals surface area contributed by atoms with Crippen LogP contribution in [0.25, 0.3) is 11.2 Å². The van der Waals surface area contributed by atoms with E-state index in [0.29, 0.717) is 34.3 Å². The van der Waals surface area contributed by atoms with Gasteiger partial charge in [-0.25, -0.2) is 15.0 Å². The molecule has 1 aliphatic rings. The lowest BCUT2D eigenvalue weighted by Gasteiger charge is -2.37. The Morgan fingerprint density at radius 1 is 0.852 bits per heavy atom. The molecule has 6 aromatic rings. The van der Waals surface area contributed by atoms with Crippen molar-refractivity contribution in [3.8, 4) is 17.2 Å². The second-order valence-electron chi connectivity index (χ2n) is 13.4. The number of carbonyl (C=O) groups is 1. The van der Waals surface area contributed by atoms with Gasteiger partial charge in [-0.05, 0) is 64.6 Å². The lowest BCUT2D eigenvalue weighted by Crippen LogP contribution is -2.38. The fourth-order valence-corrected chi connectivity index (χ4v) is 6.74. The van der Waals surface area contributed by atoms with Gasteiger partial charge in [-0.2, -0.15) is 0 Å². The first-order valence-electron chi connectivity index (χ1n) is 17.8. The Bertz CT molecular complexity index is 2110. The third-order valence-corrected chi connectivity index (χ3v) is 9.69. The number of hydrogen-bond acceptors (Lipinski definition) is 10. The Hall–Kier alpha value is -5.82. The molecular formula is C42H43N5O7. The first kappa shape index (κ1) is 36.5. The van der Waals surface area contributed by atoms with Crippen molar-refractivity contribution in [2.75, 3.05) is 32.8 Å². The first-order valence-corrected chi connectivity index (χ1v) is 17.8. The molecule has 54 heavy (non-hydrogen) atoms. The molecule has 12 nitrogen and oxygen atoms in total. The van der Waals surface area contributed by atoms with E-state index in [4.69, 9.17) is 23.7 Å². The number of aromatic nitrogens is 4. The number of methoxy groups -OCH3 is 2. The summed E-state index contributed by atoms with van der Waals surface area (Å²) in [6.07, 6.45) is 1.03. The molecule has 2 aromatic heterocycles. The largest absolute Gasteiger partial charge is 0.497 e. The van der Waals surface area contributed by atoms with E-state index in [9.17, 15) is 9.90 Å². The van der Waals surface area contributed by atoms with E-state index in [-0.39, 0.29) is 25.5 Å². The van der Waals surface area contributed by atoms with Crippen LogP contribution in [0.15, 0.2) is 116 Å². The molecule has 0 bridgehead atoms. The lowest BCUT2D eigenvalue weighted by atomic mass is 9.80. The molecule has 2 N–H and O–H groups in total. The molecule has 1 fully saturated rings. The van der Waals surface area contributed by atoms with Gasteiger partial charge in [0, 0.05) is 6.42 Å². The molecule has 278 valence electrons. The second-order valence-corrected chi connectivity index (χ2v) is 13.4. The number of imidazole rings is 1. The summed E-state index contributed by atoms with van der Waals surface area (Å²) >= 11 is 0. The van der Waals surface area contributed by atoms with Crippen molar-refractivity contribution >= 4 is 22.9 Å². The minimum atomic E-state index is -1.08. The highest BCUT2D eigenvalue weighted by molar-refractivity contribution is 5.97. The van der Waals surface area contributed by atoms with Crippen LogP contribution in [-0.4, -0.2) is 70.2 Å². The van der Waals surface area contributed by atoms with Crippen LogP contribution in [0.2, 0.25) is 0 Å². The topological polar surface area (TPSA) is 139 Å². The molecule has 1 aliphatic heterocycles. The standard InChI is InChI=1S/C42H43N5O7/c1-27(2)28-10-16-34(17-11-28)52-24-37(49)46-40-39-41(44-25-43-40)47(26-45-39)38-22-35(48)36(54-38)23-53-42(29-8-6-5-7-9-29,30-12-18-32(50-3)19-13-30)31-14-20-33(51-4)21-15-31/h5-21,25-27,35-36,38,48H,22-24H2,1-4H3,(H,43,44,46,49)/t35-,36+,38+/m0/s1. The average Bonchev–Trinajstić information content (AvgIpc) is 3.82. The van der Waals surface area contributed by atoms with Crippen molar-refractivity contribution in [1.82, 2.24) is 19.5 Å². The number of aliphatic hydroxyl groups is 1. The van der Waals surface area contributed by atoms with Gasteiger partial charge >= 0.3 is 0 Å². The minimum Gasteiger partial charge on any atom is -0.497 e. The fraction of sp³-hybridized carbons (Fsp3) is 0.286. The van der Waals surface area contributed by atoms with Gasteiger partial charge in [0.05, 0.1) is 33.3 Å². The van der Waals surface area contributed by atoms with Gasteiger partial charge < -0.3 is 34.1 Å². The van der Waals surface area contributed by atoms with Crippen molar-refractivity contribution in [3.05, 3.63) is 138 Å². The third kappa shape index (κ3) is 7.49. The monoisotopic (exact) mass is 729 g/mol. The highest BCUT2D eigenvalue weighted by Crippen LogP contribution is 2.43. The van der Waals surface area contributed by atoms with Crippen LogP contribution >= 0.6 is 0 Å². The zero-order chi connectivity index (χ0) is 37.7. The maximum absolute atomic E-state index is 12.9. The molecule has 0 radical (unpaired) electrons. The Kier molecular flexibility index (Phi) is 10.9. The molecule has 0 spiro atoms. The smallest absolute Gasteiger partial charge is 0.263 e. The molecule has 7 rings (SSSR count). The van der Waals surface area contributed by atoms with Crippen molar-refractivity contribution in [2.45, 2.75) is 50.2 Å². The van der Waals surface area contributed by atoms with Crippen LogP contribution in [0.4, 0.5) is 5.82 Å². The van der Waals surface area contributed by atoms with Gasteiger partial charge in [0.1, 0.15) is 41.5 Å². The van der Waals surface area contributed by atoms with Gasteiger partial charge in [0.25, 0.3) is 5.91 Å². The Labute approximate surface area is 313 Å². The van der Waals surface area contributed by atoms with Crippen LogP contribution in [0.3, 0.4) is 0 Å². The number of nitrogens with one attached hydrogen (secondary N) is 1. The number of hydrogen-bond donors (Lipinski definition) is 2. The lowest BCUT2D eigenvalue weighted by molar-refractivity contribution is -0.118. The summed E-state index contributed by atoms with van der Waals surface area (Å²) in [4.78, 5) is 26.1. The number of ether oxygens (including phenoxy) is 5. The van der Waals surface area contributed by atoms with E-state index in [1.54, 1.807) is 25.1 Å². The maximum Gasteiger partial charge on any atom is 0.263 e. The normalized spacial score (nSPS) is 17.1. The van der Waals surface area contributed by atoms with Crippen molar-refractivity contribution in [3.63, 3.8) is 0 Å². The molecule has 1 saturated heterocycles. The second kappa shape index (κ2) is 16.0. The van der Waals surface area contributed by atoms with E-state index >= 15 is 0 Å². The number of anilines is 1. The van der Waals surface area contributed by atoms with E-state index < -0.39 is 29.9 Å². The van der Waals surface area contributed by atoms with Gasteiger partial charge in [0.2, 0.25) is 0 Å². The van der Waals surface area contributed by atoms with E-state index in [2.05, 4.69) is 34.1 Å². The van der Waals surface area contributed by atoms with Crippen LogP contribution in [-0.2, 0) is 19.9 Å². The van der Waals surface area contributed by atoms with Gasteiger partial charge in [-0.3, -0.25) is 9.36 Å². The molecule has 4 aromatic carbocycles. The number of fused-ring (bicyclic) bond motifs is 1. The molecular weight excluding hydrogens is 686 g/mol. The summed E-state index contributed by atoms with van der Waals surface area (Å²) in [5, 5.41) is 14.2. The quantitative estimate of drug-likeness (QED) is 0.117. The SMILES string of the molecule is COc1ccc(C(OC[C@H]2O[C@@H](n3cnc4c(NC(=O)COc5ccc(C(C)C)cc5)ncnc43)C[C@@H]2O)(c2ccccc2)c2ccc(OC)cc2)cc1. The summed E-state index contributed by atoms with van der Waals surface area (Å²) < 4.78 is 31.8. The summed E-state index contributed by atoms with van der Waals surface area (Å²) in [5.74, 6) is 2.27. The number of carbonyl (C=O) groups excluding carboxylic acids is 1. The van der Waals surface area contributed by atoms with E-state index in [0.717, 1.165) is 16.7 Å². The third-order valence-electron chi connectivity index (χ3n) is 9.69. The zero-order valence-corrected chi connectivity index (χ0v) is 30.6. The highest BCUT2D eigenvalue weighted by atomic mass is 16.6. The Balaban J connectivity index is 1.10. The summed E-state index contributed by atoms with van der Waals surface area (Å²) in [6.45, 7) is 4.08. The Morgan fingerprint density at radius 3 is 2.07 bits per heavy atom. The molecule has 3 atom stereocenters. The first-order chi connectivity index (χ1) is 26.3. The van der Waals surface area contributed by atoms with Gasteiger partial charge in [-0.15, -0.1) is 0 Å². The van der Waals surface area contributed by atoms with Crippen LogP contribution in [0.5, 0.6) is 17.2 Å². The highest BCUT2D eigenvalue weighted by Gasteiger charge is 2.42. The predicted molar refractivity (Wildman–Crippen MR) is 203 cm³/mol. The number of nitrogens with zero attached hydrogens (tertiary/aromatic N) is 4. The zero-order valence-electron chi connectivity index (χ0n) is 30.6. The molecule has 1 amide bonds. The summed E-state index contributed by atoms with van der Waals surface area (Å²) in [6, 6.07) is 33.1. The van der Waals surface area contributed by atoms with Gasteiger partial charge in [0.15, 0.2) is 23.6 Å². The molecule has 12 heteroatoms. The molecule has 0 aliphatic carbocycles. The van der Waals surface area contributed by atoms with Crippen LogP contribution < -0.4 is 19.5 Å². The van der Waals surface area contributed by atoms with Crippen molar-refractivity contribution in [1.29, 1.82) is 0 Å². The number of benzene rings is 4. The molecule has 0 saturated carbocycles.